The van der Waals surface area contributed by atoms with Crippen LogP contribution in [0.2, 0.25) is 13.1 Å². The van der Waals surface area contributed by atoms with E-state index in [-0.39, 0.29) is 24.0 Å². The van der Waals surface area contributed by atoms with Gasteiger partial charge in [-0.05, 0) is 55.3 Å². The van der Waals surface area contributed by atoms with E-state index in [0.717, 1.165) is 12.0 Å². The summed E-state index contributed by atoms with van der Waals surface area (Å²) in [6, 6.07) is 0. The highest BCUT2D eigenvalue weighted by molar-refractivity contribution is 6.48. The molecule has 0 heterocycles. The van der Waals surface area contributed by atoms with Crippen LogP contribution in [-0.4, -0.2) is 37.6 Å². The van der Waals surface area contributed by atoms with Crippen molar-refractivity contribution in [2.45, 2.75) is 79.7 Å². The Kier molecular flexibility index (Phi) is 7.14. The maximum Gasteiger partial charge on any atom is 0.171 e. The van der Waals surface area contributed by atoms with Crippen LogP contribution in [0.15, 0.2) is 11.6 Å². The molecule has 0 aromatic rings. The smallest absolute Gasteiger partial charge is 0.171 e. The third-order valence-corrected chi connectivity index (χ3v) is 6.60. The van der Waals surface area contributed by atoms with Gasteiger partial charge in [-0.1, -0.05) is 53.4 Å². The topological polar surface area (TPSA) is 49.7 Å². The van der Waals surface area contributed by atoms with Crippen molar-refractivity contribution < 1.29 is 14.6 Å². The average Bonchev–Trinajstić information content (AvgIpc) is 2.45. The molecule has 1 rings (SSSR count). The monoisotopic (exact) mass is 366 g/mol. The Balaban J connectivity index is 3.40. The molecule has 0 aromatic heterocycles. The molecular formula is C21H38O3Si. The molecule has 0 saturated heterocycles. The van der Waals surface area contributed by atoms with Gasteiger partial charge in [0.1, 0.15) is 5.60 Å². The maximum absolute atomic E-state index is 11.6. The molecule has 144 valence electrons. The molecule has 1 fully saturated rings. The minimum Gasteiger partial charge on any atom is -0.417 e. The van der Waals surface area contributed by atoms with Crippen molar-refractivity contribution in [2.24, 2.45) is 22.7 Å². The first-order chi connectivity index (χ1) is 11.3. The Bertz CT molecular complexity index is 548. The quantitative estimate of drug-likeness (QED) is 0.591. The van der Waals surface area contributed by atoms with E-state index >= 15 is 0 Å². The lowest BCUT2D eigenvalue weighted by Crippen LogP contribution is -2.64. The van der Waals surface area contributed by atoms with Crippen LogP contribution in [-0.2, 0) is 4.43 Å². The van der Waals surface area contributed by atoms with Gasteiger partial charge < -0.3 is 14.6 Å². The van der Waals surface area contributed by atoms with Crippen molar-refractivity contribution in [3.63, 3.8) is 0 Å². The average molecular weight is 367 g/mol. The van der Waals surface area contributed by atoms with Crippen molar-refractivity contribution in [1.82, 2.24) is 0 Å². The van der Waals surface area contributed by atoms with Crippen LogP contribution in [0.4, 0.5) is 0 Å². The van der Waals surface area contributed by atoms with Crippen molar-refractivity contribution >= 4 is 9.04 Å². The van der Waals surface area contributed by atoms with Crippen molar-refractivity contribution in [2.75, 3.05) is 6.61 Å². The van der Waals surface area contributed by atoms with E-state index in [4.69, 9.17) is 9.53 Å². The SMILES string of the molecule is CC(C#CC1(O)[C@@H](C)C[C@H](C(C)(C)C)C(O[SiH](C)C)C1(C)C)=CCO. The van der Waals surface area contributed by atoms with Gasteiger partial charge in [0.25, 0.3) is 0 Å². The second-order valence-electron chi connectivity index (χ2n) is 9.52. The molecule has 2 unspecified atom stereocenters. The minimum atomic E-state index is -1.27. The summed E-state index contributed by atoms with van der Waals surface area (Å²) in [7, 11) is -1.27. The third-order valence-electron chi connectivity index (χ3n) is 5.76. The third kappa shape index (κ3) is 4.77. The first-order valence-corrected chi connectivity index (χ1v) is 12.2. The lowest BCUT2D eigenvalue weighted by Gasteiger charge is -2.58. The van der Waals surface area contributed by atoms with Gasteiger partial charge in [-0.25, -0.2) is 0 Å². The lowest BCUT2D eigenvalue weighted by molar-refractivity contribution is -0.180. The van der Waals surface area contributed by atoms with Gasteiger partial charge in [0.05, 0.1) is 12.7 Å². The van der Waals surface area contributed by atoms with Crippen LogP contribution >= 0.6 is 0 Å². The fourth-order valence-electron chi connectivity index (χ4n) is 4.06. The van der Waals surface area contributed by atoms with E-state index in [2.05, 4.69) is 66.5 Å². The molecule has 1 saturated carbocycles. The molecule has 0 amide bonds. The molecule has 0 bridgehead atoms. The van der Waals surface area contributed by atoms with Crippen molar-refractivity contribution in [1.29, 1.82) is 0 Å². The molecule has 1 aliphatic rings. The number of allylic oxidation sites excluding steroid dienone is 1. The zero-order valence-corrected chi connectivity index (χ0v) is 18.8. The zero-order chi connectivity index (χ0) is 19.6. The molecule has 0 spiro atoms. The Hall–Kier alpha value is -0.603. The van der Waals surface area contributed by atoms with Crippen LogP contribution in [0.25, 0.3) is 0 Å². The number of rotatable bonds is 3. The number of hydrogen-bond acceptors (Lipinski definition) is 3. The Labute approximate surface area is 156 Å². The van der Waals surface area contributed by atoms with Gasteiger partial charge >= 0.3 is 0 Å². The summed E-state index contributed by atoms with van der Waals surface area (Å²) in [6.45, 7) is 19.3. The van der Waals surface area contributed by atoms with E-state index in [0.29, 0.717) is 5.92 Å². The van der Waals surface area contributed by atoms with Gasteiger partial charge in [-0.3, -0.25) is 0 Å². The summed E-state index contributed by atoms with van der Waals surface area (Å²) in [4.78, 5) is 0. The van der Waals surface area contributed by atoms with E-state index in [1.165, 1.54) is 0 Å². The summed E-state index contributed by atoms with van der Waals surface area (Å²) in [5.74, 6) is 6.65. The highest BCUT2D eigenvalue weighted by Gasteiger charge is 2.59. The van der Waals surface area contributed by atoms with E-state index in [1.807, 2.05) is 6.92 Å². The minimum absolute atomic E-state index is 0.0169. The Morgan fingerprint density at radius 3 is 2.32 bits per heavy atom. The predicted molar refractivity (Wildman–Crippen MR) is 108 cm³/mol. The number of aliphatic hydroxyl groups excluding tert-OH is 1. The summed E-state index contributed by atoms with van der Waals surface area (Å²) < 4.78 is 6.50. The lowest BCUT2D eigenvalue weighted by atomic mass is 9.52. The number of aliphatic hydroxyl groups is 2. The largest absolute Gasteiger partial charge is 0.417 e. The van der Waals surface area contributed by atoms with Crippen LogP contribution in [0.3, 0.4) is 0 Å². The predicted octanol–water partition coefficient (Wildman–Crippen LogP) is 3.76. The van der Waals surface area contributed by atoms with Crippen LogP contribution < -0.4 is 0 Å². The molecule has 0 radical (unpaired) electrons. The van der Waals surface area contributed by atoms with E-state index in [1.54, 1.807) is 6.08 Å². The van der Waals surface area contributed by atoms with Gasteiger partial charge in [0.2, 0.25) is 0 Å². The number of hydrogen-bond donors (Lipinski definition) is 2. The molecule has 4 heteroatoms. The van der Waals surface area contributed by atoms with E-state index in [9.17, 15) is 5.11 Å². The maximum atomic E-state index is 11.6. The Morgan fingerprint density at radius 1 is 1.32 bits per heavy atom. The van der Waals surface area contributed by atoms with Crippen LogP contribution in [0.5, 0.6) is 0 Å². The molecule has 25 heavy (non-hydrogen) atoms. The molecule has 0 aromatic carbocycles. The van der Waals surface area contributed by atoms with Crippen LogP contribution in [0.1, 0.15) is 54.9 Å². The summed E-state index contributed by atoms with van der Waals surface area (Å²) in [5.41, 5.74) is -0.701. The fourth-order valence-corrected chi connectivity index (χ4v) is 5.18. The summed E-state index contributed by atoms with van der Waals surface area (Å²) >= 11 is 0. The van der Waals surface area contributed by atoms with Crippen molar-refractivity contribution in [3.8, 4) is 11.8 Å². The van der Waals surface area contributed by atoms with Gasteiger partial charge in [-0.15, -0.1) is 0 Å². The van der Waals surface area contributed by atoms with Crippen molar-refractivity contribution in [3.05, 3.63) is 11.6 Å². The van der Waals surface area contributed by atoms with Crippen LogP contribution in [0, 0.1) is 34.5 Å². The highest BCUT2D eigenvalue weighted by atomic mass is 28.3. The molecule has 0 aliphatic heterocycles. The van der Waals surface area contributed by atoms with E-state index < -0.39 is 20.1 Å². The Morgan fingerprint density at radius 2 is 1.88 bits per heavy atom. The second kappa shape index (κ2) is 7.96. The standard InChI is InChI=1S/C21H38O3Si/c1-15(11-13-22)10-12-21(23)16(2)14-17(19(3,4)5)18(20(21,6)7)24-25(8)9/h11,16-18,22-23,25H,13-14H2,1-9H3/t16-,17-,18?,21?/m0/s1. The van der Waals surface area contributed by atoms with Gasteiger partial charge in [0, 0.05) is 5.41 Å². The zero-order valence-electron chi connectivity index (χ0n) is 17.6. The molecule has 4 atom stereocenters. The first kappa shape index (κ1) is 22.4. The molecule has 3 nitrogen and oxygen atoms in total. The molecule has 1 aliphatic carbocycles. The highest BCUT2D eigenvalue weighted by Crippen LogP contribution is 2.54. The fraction of sp³-hybridized carbons (Fsp3) is 0.810. The van der Waals surface area contributed by atoms with Gasteiger partial charge in [0.15, 0.2) is 9.04 Å². The molecular weight excluding hydrogens is 328 g/mol. The summed E-state index contributed by atoms with van der Waals surface area (Å²) in [6.07, 6.45) is 2.55. The normalized spacial score (nSPS) is 33.1. The molecule has 2 N–H and O–H groups in total. The summed E-state index contributed by atoms with van der Waals surface area (Å²) in [5, 5.41) is 20.7. The first-order valence-electron chi connectivity index (χ1n) is 9.46. The second-order valence-corrected chi connectivity index (χ2v) is 11.9. The van der Waals surface area contributed by atoms with Gasteiger partial charge in [-0.2, -0.15) is 0 Å².